The van der Waals surface area contributed by atoms with E-state index in [1.54, 1.807) is 18.2 Å². The molecule has 0 atom stereocenters. The molecule has 23 heavy (non-hydrogen) atoms. The molecule has 0 aliphatic carbocycles. The molecule has 0 aliphatic heterocycles. The fourth-order valence-corrected chi connectivity index (χ4v) is 2.21. The van der Waals surface area contributed by atoms with Gasteiger partial charge in [-0.05, 0) is 42.3 Å². The van der Waals surface area contributed by atoms with E-state index in [1.165, 1.54) is 6.08 Å². The van der Waals surface area contributed by atoms with Gasteiger partial charge in [0.15, 0.2) is 0 Å². The lowest BCUT2D eigenvalue weighted by molar-refractivity contribution is -0.116. The van der Waals surface area contributed by atoms with Gasteiger partial charge in [0.25, 0.3) is 0 Å². The van der Waals surface area contributed by atoms with Crippen LogP contribution in [-0.4, -0.2) is 19.1 Å². The van der Waals surface area contributed by atoms with Gasteiger partial charge in [-0.2, -0.15) is 0 Å². The van der Waals surface area contributed by atoms with Crippen molar-refractivity contribution in [3.8, 4) is 5.75 Å². The third-order valence-electron chi connectivity index (χ3n) is 3.13. The molecule has 0 aromatic heterocycles. The summed E-state index contributed by atoms with van der Waals surface area (Å²) in [6.07, 6.45) is 3.13. The zero-order valence-electron chi connectivity index (χ0n) is 12.7. The molecule has 5 heteroatoms. The summed E-state index contributed by atoms with van der Waals surface area (Å²) < 4.78 is 5.53. The van der Waals surface area contributed by atoms with E-state index < -0.39 is 0 Å². The number of benzene rings is 2. The summed E-state index contributed by atoms with van der Waals surface area (Å²) in [4.78, 5) is 11.7. The molecule has 0 bridgehead atoms. The van der Waals surface area contributed by atoms with Gasteiger partial charge in [-0.25, -0.2) is 0 Å². The van der Waals surface area contributed by atoms with E-state index in [1.807, 2.05) is 37.3 Å². The molecule has 0 fully saturated rings. The van der Waals surface area contributed by atoms with Crippen LogP contribution in [0.1, 0.15) is 11.1 Å². The fraction of sp³-hybridized carbons (Fsp3) is 0.167. The van der Waals surface area contributed by atoms with Crippen molar-refractivity contribution in [3.63, 3.8) is 0 Å². The highest BCUT2D eigenvalue weighted by atomic mass is 35.5. The van der Waals surface area contributed by atoms with Gasteiger partial charge in [-0.1, -0.05) is 47.5 Å². The van der Waals surface area contributed by atoms with E-state index in [0.29, 0.717) is 28.9 Å². The molecule has 0 saturated carbocycles. The Hall–Kier alpha value is -1.97. The smallest absolute Gasteiger partial charge is 0.244 e. The van der Waals surface area contributed by atoms with E-state index in [4.69, 9.17) is 27.9 Å². The summed E-state index contributed by atoms with van der Waals surface area (Å²) >= 11 is 12.0. The van der Waals surface area contributed by atoms with E-state index in [-0.39, 0.29) is 5.91 Å². The number of amides is 1. The van der Waals surface area contributed by atoms with Gasteiger partial charge < -0.3 is 10.1 Å². The summed E-state index contributed by atoms with van der Waals surface area (Å²) in [5.41, 5.74) is 1.80. The second kappa shape index (κ2) is 8.61. The van der Waals surface area contributed by atoms with Crippen molar-refractivity contribution >= 4 is 35.2 Å². The lowest BCUT2D eigenvalue weighted by Crippen LogP contribution is -2.26. The van der Waals surface area contributed by atoms with Crippen LogP contribution < -0.4 is 10.1 Å². The first-order valence-electron chi connectivity index (χ1n) is 7.15. The SMILES string of the molecule is Cc1ccc(OCCNC(=O)/C=C/c2ccccc2Cl)cc1Cl. The van der Waals surface area contributed by atoms with E-state index >= 15 is 0 Å². The normalized spacial score (nSPS) is 10.7. The Kier molecular flexibility index (Phi) is 6.51. The maximum absolute atomic E-state index is 11.7. The number of halogens is 2. The Morgan fingerprint density at radius 3 is 2.70 bits per heavy atom. The number of nitrogens with one attached hydrogen (secondary N) is 1. The fourth-order valence-electron chi connectivity index (χ4n) is 1.84. The lowest BCUT2D eigenvalue weighted by atomic mass is 10.2. The molecule has 0 spiro atoms. The minimum absolute atomic E-state index is 0.199. The number of carbonyl (C=O) groups excluding carboxylic acids is 1. The average molecular weight is 350 g/mol. The minimum Gasteiger partial charge on any atom is -0.492 e. The van der Waals surface area contributed by atoms with E-state index in [0.717, 1.165) is 11.1 Å². The zero-order chi connectivity index (χ0) is 16.7. The molecule has 1 N–H and O–H groups in total. The topological polar surface area (TPSA) is 38.3 Å². The number of hydrogen-bond acceptors (Lipinski definition) is 2. The Balaban J connectivity index is 1.74. The molecule has 1 amide bonds. The maximum Gasteiger partial charge on any atom is 0.244 e. The van der Waals surface area contributed by atoms with Crippen LogP contribution in [0.3, 0.4) is 0 Å². The summed E-state index contributed by atoms with van der Waals surface area (Å²) in [7, 11) is 0. The van der Waals surface area contributed by atoms with Gasteiger partial charge in [0.2, 0.25) is 5.91 Å². The minimum atomic E-state index is -0.199. The Labute approximate surface area is 145 Å². The molecular formula is C18H17Cl2NO2. The van der Waals surface area contributed by atoms with Gasteiger partial charge in [0.05, 0.1) is 6.54 Å². The summed E-state index contributed by atoms with van der Waals surface area (Å²) in [6.45, 7) is 2.69. The number of hydrogen-bond donors (Lipinski definition) is 1. The largest absolute Gasteiger partial charge is 0.492 e. The van der Waals surface area contributed by atoms with Crippen LogP contribution in [0.15, 0.2) is 48.5 Å². The molecule has 2 aromatic carbocycles. The van der Waals surface area contributed by atoms with Gasteiger partial charge >= 0.3 is 0 Å². The molecule has 2 aromatic rings. The van der Waals surface area contributed by atoms with Crippen LogP contribution in [0.4, 0.5) is 0 Å². The van der Waals surface area contributed by atoms with Crippen LogP contribution in [0.2, 0.25) is 10.0 Å². The molecule has 0 unspecified atom stereocenters. The molecule has 0 aliphatic rings. The summed E-state index contributed by atoms with van der Waals surface area (Å²) in [6, 6.07) is 12.8. The van der Waals surface area contributed by atoms with Crippen molar-refractivity contribution in [3.05, 3.63) is 69.7 Å². The monoisotopic (exact) mass is 349 g/mol. The molecule has 0 heterocycles. The highest BCUT2D eigenvalue weighted by molar-refractivity contribution is 6.32. The van der Waals surface area contributed by atoms with Gasteiger partial charge in [-0.15, -0.1) is 0 Å². The quantitative estimate of drug-likeness (QED) is 0.615. The average Bonchev–Trinajstić information content (AvgIpc) is 2.54. The van der Waals surface area contributed by atoms with Crippen molar-refractivity contribution in [1.82, 2.24) is 5.32 Å². The first kappa shape index (κ1) is 17.4. The van der Waals surface area contributed by atoms with Crippen molar-refractivity contribution in [2.24, 2.45) is 0 Å². The predicted octanol–water partition coefficient (Wildman–Crippen LogP) is 4.51. The standard InChI is InChI=1S/C18H17Cl2NO2/c1-13-6-8-15(12-17(13)20)23-11-10-21-18(22)9-7-14-4-2-3-5-16(14)19/h2-9,12H,10-11H2,1H3,(H,21,22)/b9-7+. The van der Waals surface area contributed by atoms with Crippen LogP contribution in [-0.2, 0) is 4.79 Å². The number of ether oxygens (including phenoxy) is 1. The molecule has 2 rings (SSSR count). The van der Waals surface area contributed by atoms with Crippen molar-refractivity contribution in [2.75, 3.05) is 13.2 Å². The van der Waals surface area contributed by atoms with E-state index in [9.17, 15) is 4.79 Å². The van der Waals surface area contributed by atoms with Crippen molar-refractivity contribution < 1.29 is 9.53 Å². The first-order valence-corrected chi connectivity index (χ1v) is 7.91. The number of rotatable bonds is 6. The van der Waals surface area contributed by atoms with Crippen LogP contribution >= 0.6 is 23.2 Å². The van der Waals surface area contributed by atoms with Crippen molar-refractivity contribution in [2.45, 2.75) is 6.92 Å². The molecule has 0 radical (unpaired) electrons. The maximum atomic E-state index is 11.7. The van der Waals surface area contributed by atoms with Gasteiger partial charge in [0.1, 0.15) is 12.4 Å². The summed E-state index contributed by atoms with van der Waals surface area (Å²) in [5.74, 6) is 0.483. The Bertz CT molecular complexity index is 714. The number of aryl methyl sites for hydroxylation is 1. The summed E-state index contributed by atoms with van der Waals surface area (Å²) in [5, 5.41) is 4.01. The highest BCUT2D eigenvalue weighted by Gasteiger charge is 2.00. The third-order valence-corrected chi connectivity index (χ3v) is 3.88. The highest BCUT2D eigenvalue weighted by Crippen LogP contribution is 2.21. The Morgan fingerprint density at radius 2 is 1.96 bits per heavy atom. The zero-order valence-corrected chi connectivity index (χ0v) is 14.2. The lowest BCUT2D eigenvalue weighted by Gasteiger charge is -2.08. The second-order valence-corrected chi connectivity index (χ2v) is 5.72. The molecule has 0 saturated heterocycles. The Morgan fingerprint density at radius 1 is 1.17 bits per heavy atom. The van der Waals surface area contributed by atoms with Crippen molar-refractivity contribution in [1.29, 1.82) is 0 Å². The first-order chi connectivity index (χ1) is 11.1. The molecule has 120 valence electrons. The van der Waals surface area contributed by atoms with Crippen LogP contribution in [0.5, 0.6) is 5.75 Å². The van der Waals surface area contributed by atoms with Gasteiger partial charge in [-0.3, -0.25) is 4.79 Å². The third kappa shape index (κ3) is 5.62. The second-order valence-electron chi connectivity index (χ2n) is 4.91. The molecule has 3 nitrogen and oxygen atoms in total. The number of carbonyl (C=O) groups is 1. The van der Waals surface area contributed by atoms with Crippen LogP contribution in [0, 0.1) is 6.92 Å². The van der Waals surface area contributed by atoms with E-state index in [2.05, 4.69) is 5.32 Å². The molecular weight excluding hydrogens is 333 g/mol. The van der Waals surface area contributed by atoms with Crippen LogP contribution in [0.25, 0.3) is 6.08 Å². The van der Waals surface area contributed by atoms with Gasteiger partial charge in [0, 0.05) is 16.1 Å². The predicted molar refractivity (Wildman–Crippen MR) is 95.2 cm³/mol.